The second kappa shape index (κ2) is 10.6. The number of anilines is 1. The second-order valence-corrected chi connectivity index (χ2v) is 10.0. The maximum atomic E-state index is 12.8. The molecular formula is C28H35N5O2. The maximum absolute atomic E-state index is 12.8. The van der Waals surface area contributed by atoms with Gasteiger partial charge in [0, 0.05) is 41.5 Å². The Morgan fingerprint density at radius 3 is 2.66 bits per heavy atom. The quantitative estimate of drug-likeness (QED) is 0.468. The smallest absolute Gasteiger partial charge is 0.257 e. The lowest BCUT2D eigenvalue weighted by Crippen LogP contribution is -2.44. The fourth-order valence-electron chi connectivity index (χ4n) is 5.47. The van der Waals surface area contributed by atoms with Gasteiger partial charge in [0.1, 0.15) is 5.65 Å². The highest BCUT2D eigenvalue weighted by Gasteiger charge is 2.29. The number of pyridine rings is 1. The number of rotatable bonds is 6. The van der Waals surface area contributed by atoms with Gasteiger partial charge in [0.25, 0.3) is 5.91 Å². The molecule has 0 radical (unpaired) electrons. The van der Waals surface area contributed by atoms with Crippen LogP contribution < -0.4 is 10.6 Å². The van der Waals surface area contributed by atoms with E-state index in [0.717, 1.165) is 61.1 Å². The van der Waals surface area contributed by atoms with Crippen molar-refractivity contribution in [2.24, 2.45) is 5.92 Å². The number of carbonyl (C=O) groups excluding carboxylic acids is 2. The Bertz CT molecular complexity index is 1170. The molecule has 1 saturated carbocycles. The van der Waals surface area contributed by atoms with Crippen molar-refractivity contribution in [3.8, 4) is 0 Å². The number of fused-ring (bicyclic) bond motifs is 1. The van der Waals surface area contributed by atoms with E-state index in [2.05, 4.69) is 38.5 Å². The van der Waals surface area contributed by atoms with Crippen LogP contribution in [0.2, 0.25) is 0 Å². The molecule has 1 unspecified atom stereocenters. The van der Waals surface area contributed by atoms with Gasteiger partial charge in [-0.25, -0.2) is 4.98 Å². The first kappa shape index (κ1) is 23.5. The molecule has 1 aliphatic heterocycles. The molecule has 184 valence electrons. The number of nitrogens with one attached hydrogen (secondary N) is 3. The number of aromatic amines is 1. The van der Waals surface area contributed by atoms with Gasteiger partial charge in [0.05, 0.1) is 5.56 Å². The molecule has 3 aromatic rings. The molecule has 35 heavy (non-hydrogen) atoms. The molecule has 2 aliphatic rings. The first-order chi connectivity index (χ1) is 17.1. The van der Waals surface area contributed by atoms with Crippen LogP contribution in [0, 0.1) is 5.92 Å². The largest absolute Gasteiger partial charge is 0.353 e. The van der Waals surface area contributed by atoms with Gasteiger partial charge in [-0.2, -0.15) is 0 Å². The minimum absolute atomic E-state index is 0.122. The molecule has 1 aromatic carbocycles. The van der Waals surface area contributed by atoms with Crippen LogP contribution in [-0.4, -0.2) is 45.8 Å². The van der Waals surface area contributed by atoms with Crippen molar-refractivity contribution < 1.29 is 9.59 Å². The van der Waals surface area contributed by atoms with Crippen molar-refractivity contribution in [3.63, 3.8) is 0 Å². The number of hydrogen-bond acceptors (Lipinski definition) is 4. The molecule has 3 N–H and O–H groups in total. The first-order valence-corrected chi connectivity index (χ1v) is 13.0. The Morgan fingerprint density at radius 2 is 1.86 bits per heavy atom. The first-order valence-electron chi connectivity index (χ1n) is 13.0. The van der Waals surface area contributed by atoms with E-state index in [9.17, 15) is 9.59 Å². The third kappa shape index (κ3) is 5.56. The van der Waals surface area contributed by atoms with Gasteiger partial charge in [0.15, 0.2) is 0 Å². The van der Waals surface area contributed by atoms with Crippen LogP contribution in [0.1, 0.15) is 73.8 Å². The number of amides is 2. The summed E-state index contributed by atoms with van der Waals surface area (Å²) in [4.78, 5) is 35.3. The summed E-state index contributed by atoms with van der Waals surface area (Å²) in [5.74, 6) is 0.202. The summed E-state index contributed by atoms with van der Waals surface area (Å²) < 4.78 is 0. The summed E-state index contributed by atoms with van der Waals surface area (Å²) in [7, 11) is 0. The molecule has 1 saturated heterocycles. The Balaban J connectivity index is 1.16. The minimum Gasteiger partial charge on any atom is -0.353 e. The zero-order chi connectivity index (χ0) is 24.2. The second-order valence-electron chi connectivity index (χ2n) is 10.0. The fraction of sp³-hybridized carbons (Fsp3) is 0.464. The highest BCUT2D eigenvalue weighted by molar-refractivity contribution is 6.05. The standard InChI is InChI=1S/C28H35N5O2/c1-19(33-14-11-20(12-15-33)27(34)31-24-7-3-2-4-8-24)21-6-5-9-25(17-21)32-28(35)23-16-22-10-13-29-26(22)30-18-23/h5-6,9-10,13,16-20,24H,2-4,7-8,11-12,14-15H2,1H3,(H,29,30)(H,31,34)(H,32,35). The van der Waals surface area contributed by atoms with Crippen LogP contribution in [0.15, 0.2) is 48.8 Å². The average Bonchev–Trinajstić information content (AvgIpc) is 3.37. The van der Waals surface area contributed by atoms with Crippen LogP contribution in [0.25, 0.3) is 11.0 Å². The number of piperidine rings is 1. The zero-order valence-electron chi connectivity index (χ0n) is 20.4. The van der Waals surface area contributed by atoms with Crippen molar-refractivity contribution >= 4 is 28.5 Å². The molecule has 3 heterocycles. The fourth-order valence-corrected chi connectivity index (χ4v) is 5.47. The molecule has 2 aromatic heterocycles. The van der Waals surface area contributed by atoms with E-state index in [-0.39, 0.29) is 23.8 Å². The maximum Gasteiger partial charge on any atom is 0.257 e. The van der Waals surface area contributed by atoms with Gasteiger partial charge in [-0.15, -0.1) is 0 Å². The number of H-pyrrole nitrogens is 1. The highest BCUT2D eigenvalue weighted by Crippen LogP contribution is 2.29. The van der Waals surface area contributed by atoms with Crippen molar-refractivity contribution in [2.45, 2.75) is 64.0 Å². The van der Waals surface area contributed by atoms with E-state index in [4.69, 9.17) is 0 Å². The number of hydrogen-bond donors (Lipinski definition) is 3. The summed E-state index contributed by atoms with van der Waals surface area (Å²) in [5.41, 5.74) is 3.24. The minimum atomic E-state index is -0.171. The predicted molar refractivity (Wildman–Crippen MR) is 138 cm³/mol. The normalized spacial score (nSPS) is 18.9. The molecule has 2 fully saturated rings. The van der Waals surface area contributed by atoms with Crippen molar-refractivity contribution in [3.05, 3.63) is 59.9 Å². The van der Waals surface area contributed by atoms with E-state index in [1.165, 1.54) is 19.3 Å². The Morgan fingerprint density at radius 1 is 1.06 bits per heavy atom. The van der Waals surface area contributed by atoms with Crippen LogP contribution >= 0.6 is 0 Å². The van der Waals surface area contributed by atoms with Crippen molar-refractivity contribution in [1.82, 2.24) is 20.2 Å². The van der Waals surface area contributed by atoms with Gasteiger partial charge in [-0.1, -0.05) is 31.4 Å². The van der Waals surface area contributed by atoms with Crippen molar-refractivity contribution in [2.75, 3.05) is 18.4 Å². The highest BCUT2D eigenvalue weighted by atomic mass is 16.2. The van der Waals surface area contributed by atoms with Gasteiger partial charge in [-0.3, -0.25) is 14.5 Å². The molecule has 1 atom stereocenters. The lowest BCUT2D eigenvalue weighted by Gasteiger charge is -2.36. The molecule has 5 rings (SSSR count). The lowest BCUT2D eigenvalue weighted by molar-refractivity contribution is -0.127. The monoisotopic (exact) mass is 473 g/mol. The van der Waals surface area contributed by atoms with Crippen LogP contribution in [-0.2, 0) is 4.79 Å². The van der Waals surface area contributed by atoms with Gasteiger partial charge in [0.2, 0.25) is 5.91 Å². The van der Waals surface area contributed by atoms with Crippen LogP contribution in [0.4, 0.5) is 5.69 Å². The number of carbonyl (C=O) groups is 2. The van der Waals surface area contributed by atoms with E-state index in [1.54, 1.807) is 6.20 Å². The molecule has 0 bridgehead atoms. The van der Waals surface area contributed by atoms with Crippen LogP contribution in [0.5, 0.6) is 0 Å². The summed E-state index contributed by atoms with van der Waals surface area (Å²) in [6, 6.07) is 12.4. The van der Waals surface area contributed by atoms with Gasteiger partial charge in [-0.05, 0) is 75.5 Å². The topological polar surface area (TPSA) is 90.1 Å². The molecular weight excluding hydrogens is 438 g/mol. The van der Waals surface area contributed by atoms with E-state index in [1.807, 2.05) is 36.5 Å². The number of likely N-dealkylation sites (tertiary alicyclic amines) is 1. The number of aromatic nitrogens is 2. The van der Waals surface area contributed by atoms with Crippen LogP contribution in [0.3, 0.4) is 0 Å². The summed E-state index contributed by atoms with van der Waals surface area (Å²) in [5, 5.41) is 7.23. The van der Waals surface area contributed by atoms with E-state index in [0.29, 0.717) is 11.6 Å². The Labute approximate surface area is 206 Å². The molecule has 1 aliphatic carbocycles. The molecule has 7 heteroatoms. The Hall–Kier alpha value is -3.19. The summed E-state index contributed by atoms with van der Waals surface area (Å²) in [6.45, 7) is 4.01. The van der Waals surface area contributed by atoms with Gasteiger partial charge < -0.3 is 15.6 Å². The average molecular weight is 474 g/mol. The molecule has 0 spiro atoms. The summed E-state index contributed by atoms with van der Waals surface area (Å²) >= 11 is 0. The SMILES string of the molecule is CC(c1cccc(NC(=O)c2cnc3[nH]ccc3c2)c1)N1CCC(C(=O)NC2CCCCC2)CC1. The van der Waals surface area contributed by atoms with Gasteiger partial charge >= 0.3 is 0 Å². The third-order valence-electron chi connectivity index (χ3n) is 7.69. The lowest BCUT2D eigenvalue weighted by atomic mass is 9.91. The Kier molecular flexibility index (Phi) is 7.13. The predicted octanol–water partition coefficient (Wildman–Crippen LogP) is 5.04. The summed E-state index contributed by atoms with van der Waals surface area (Å²) in [6.07, 6.45) is 11.2. The molecule has 2 amide bonds. The molecule has 7 nitrogen and oxygen atoms in total. The zero-order valence-corrected chi connectivity index (χ0v) is 20.4. The number of benzene rings is 1. The third-order valence-corrected chi connectivity index (χ3v) is 7.69. The van der Waals surface area contributed by atoms with Crippen molar-refractivity contribution in [1.29, 1.82) is 0 Å². The van der Waals surface area contributed by atoms with E-state index < -0.39 is 0 Å². The number of nitrogens with zero attached hydrogens (tertiary/aromatic N) is 2. The van der Waals surface area contributed by atoms with E-state index >= 15 is 0 Å².